The number of carbonyl (C=O) groups is 1. The highest BCUT2D eigenvalue weighted by atomic mass is 16.5. The van der Waals surface area contributed by atoms with Crippen LogP contribution in [0, 0.1) is 0 Å². The Bertz CT molecular complexity index is 1150. The second-order valence-electron chi connectivity index (χ2n) is 7.33. The van der Waals surface area contributed by atoms with Crippen molar-refractivity contribution in [2.24, 2.45) is 0 Å². The first kappa shape index (κ1) is 16.9. The van der Waals surface area contributed by atoms with Crippen LogP contribution in [0.15, 0.2) is 42.5 Å². The molecule has 3 aromatic carbocycles. The first-order valence-electron chi connectivity index (χ1n) is 9.38. The molecule has 0 saturated carbocycles. The maximum Gasteiger partial charge on any atom is 0.165 e. The highest BCUT2D eigenvalue weighted by molar-refractivity contribution is 6.19. The van der Waals surface area contributed by atoms with Crippen LogP contribution in [0.4, 0.5) is 5.69 Å². The molecule has 140 valence electrons. The van der Waals surface area contributed by atoms with E-state index in [1.165, 1.54) is 16.5 Å². The lowest BCUT2D eigenvalue weighted by Gasteiger charge is -2.29. The van der Waals surface area contributed by atoms with Crippen LogP contribution in [0.2, 0.25) is 0 Å². The van der Waals surface area contributed by atoms with Gasteiger partial charge in [-0.3, -0.25) is 4.79 Å². The van der Waals surface area contributed by atoms with Gasteiger partial charge in [-0.25, -0.2) is 0 Å². The molecular formula is C24H21NO3. The number of methoxy groups -OCH3 is 2. The van der Waals surface area contributed by atoms with Gasteiger partial charge < -0.3 is 14.4 Å². The molecule has 4 heteroatoms. The van der Waals surface area contributed by atoms with Crippen molar-refractivity contribution in [2.45, 2.75) is 12.5 Å². The van der Waals surface area contributed by atoms with Crippen LogP contribution in [0.3, 0.4) is 0 Å². The first-order chi connectivity index (χ1) is 13.6. The smallest absolute Gasteiger partial charge is 0.165 e. The monoisotopic (exact) mass is 371 g/mol. The van der Waals surface area contributed by atoms with E-state index in [0.717, 1.165) is 22.2 Å². The molecule has 1 unspecified atom stereocenters. The first-order valence-corrected chi connectivity index (χ1v) is 9.38. The number of Topliss-reactive ketones (excluding diaryl/α,β-unsaturated/α-hetero) is 1. The highest BCUT2D eigenvalue weighted by Crippen LogP contribution is 2.45. The van der Waals surface area contributed by atoms with E-state index in [-0.39, 0.29) is 11.8 Å². The number of hydrogen-bond donors (Lipinski definition) is 0. The molecular weight excluding hydrogens is 350 g/mol. The molecule has 1 heterocycles. The van der Waals surface area contributed by atoms with Crippen LogP contribution in [-0.4, -0.2) is 27.1 Å². The van der Waals surface area contributed by atoms with Gasteiger partial charge in [0.15, 0.2) is 17.3 Å². The van der Waals surface area contributed by atoms with Gasteiger partial charge in [-0.1, -0.05) is 36.4 Å². The van der Waals surface area contributed by atoms with E-state index in [0.29, 0.717) is 17.9 Å². The van der Waals surface area contributed by atoms with Gasteiger partial charge in [0.1, 0.15) is 0 Å². The molecule has 0 spiro atoms. The number of benzene rings is 3. The summed E-state index contributed by atoms with van der Waals surface area (Å²) >= 11 is 0. The lowest BCUT2D eigenvalue weighted by Crippen LogP contribution is -2.24. The van der Waals surface area contributed by atoms with E-state index in [9.17, 15) is 4.79 Å². The minimum absolute atomic E-state index is 0.0779. The normalized spacial score (nSPS) is 17.2. The summed E-state index contributed by atoms with van der Waals surface area (Å²) in [6.45, 7) is 0. The number of ether oxygens (including phenoxy) is 2. The molecule has 0 bridgehead atoms. The van der Waals surface area contributed by atoms with Crippen molar-refractivity contribution in [1.29, 1.82) is 0 Å². The third-order valence-electron chi connectivity index (χ3n) is 5.96. The number of nitrogens with zero attached hydrogens (tertiary/aromatic N) is 1. The largest absolute Gasteiger partial charge is 0.493 e. The van der Waals surface area contributed by atoms with E-state index >= 15 is 0 Å². The lowest BCUT2D eigenvalue weighted by atomic mass is 9.94. The summed E-state index contributed by atoms with van der Waals surface area (Å²) in [4.78, 5) is 15.5. The Morgan fingerprint density at radius 1 is 0.893 bits per heavy atom. The number of hydrogen-bond acceptors (Lipinski definition) is 4. The topological polar surface area (TPSA) is 38.8 Å². The summed E-state index contributed by atoms with van der Waals surface area (Å²) in [5.41, 5.74) is 5.30. The minimum Gasteiger partial charge on any atom is -0.493 e. The molecule has 28 heavy (non-hydrogen) atoms. The predicted octanol–water partition coefficient (Wildman–Crippen LogP) is 5.10. The average molecular weight is 371 g/mol. The van der Waals surface area contributed by atoms with E-state index in [2.05, 4.69) is 42.3 Å². The zero-order valence-corrected chi connectivity index (χ0v) is 16.2. The van der Waals surface area contributed by atoms with Gasteiger partial charge >= 0.3 is 0 Å². The van der Waals surface area contributed by atoms with E-state index < -0.39 is 0 Å². The standard InChI is InChI=1S/C24H21NO3/c1-25-18-10-7-15-5-4-14-6-9-17(24(18)23(14)15)20(26)13-19(25)16-8-11-21(27-2)22(12-16)28-3/h4-12,19H,13H2,1-3H3. The number of rotatable bonds is 3. The van der Waals surface area contributed by atoms with Gasteiger partial charge in [0.25, 0.3) is 0 Å². The second kappa shape index (κ2) is 6.13. The minimum atomic E-state index is -0.0779. The molecule has 5 rings (SSSR count). The van der Waals surface area contributed by atoms with Gasteiger partial charge in [-0.2, -0.15) is 0 Å². The summed E-state index contributed by atoms with van der Waals surface area (Å²) in [6.07, 6.45) is 4.66. The van der Waals surface area contributed by atoms with Crippen molar-refractivity contribution in [3.05, 3.63) is 64.7 Å². The van der Waals surface area contributed by atoms with Crippen LogP contribution in [0.25, 0.3) is 22.9 Å². The Hall–Kier alpha value is -3.27. The van der Waals surface area contributed by atoms with Gasteiger partial charge in [0.2, 0.25) is 0 Å². The molecule has 0 fully saturated rings. The van der Waals surface area contributed by atoms with Crippen molar-refractivity contribution < 1.29 is 14.3 Å². The molecule has 1 aliphatic carbocycles. The SMILES string of the molecule is COc1ccc(C2CC(=O)c3ccc4c5c(ccc(c35)N2C)C=C4)cc1OC. The fraction of sp³-hybridized carbons (Fsp3) is 0.208. The van der Waals surface area contributed by atoms with Crippen molar-refractivity contribution in [1.82, 2.24) is 0 Å². The summed E-state index contributed by atoms with van der Waals surface area (Å²) in [7, 11) is 5.32. The zero-order valence-electron chi connectivity index (χ0n) is 16.2. The van der Waals surface area contributed by atoms with Crippen LogP contribution >= 0.6 is 0 Å². The van der Waals surface area contributed by atoms with E-state index in [4.69, 9.17) is 9.47 Å². The second-order valence-corrected chi connectivity index (χ2v) is 7.33. The number of carbonyl (C=O) groups excluding carboxylic acids is 1. The Labute approximate surface area is 164 Å². The molecule has 0 saturated heterocycles. The van der Waals surface area contributed by atoms with Gasteiger partial charge in [0.05, 0.1) is 20.3 Å². The van der Waals surface area contributed by atoms with Crippen molar-refractivity contribution in [3.8, 4) is 11.5 Å². The maximum absolute atomic E-state index is 13.2. The molecule has 0 amide bonds. The Morgan fingerprint density at radius 2 is 1.61 bits per heavy atom. The van der Waals surface area contributed by atoms with Crippen molar-refractivity contribution in [2.75, 3.05) is 26.2 Å². The Balaban J connectivity index is 1.70. The molecule has 0 aromatic heterocycles. The lowest BCUT2D eigenvalue weighted by molar-refractivity contribution is 0.0976. The zero-order chi connectivity index (χ0) is 19.4. The fourth-order valence-corrected chi connectivity index (χ4v) is 4.51. The Kier molecular flexibility index (Phi) is 3.69. The van der Waals surface area contributed by atoms with Crippen molar-refractivity contribution in [3.63, 3.8) is 0 Å². The van der Waals surface area contributed by atoms with Crippen LogP contribution in [-0.2, 0) is 0 Å². The third-order valence-corrected chi connectivity index (χ3v) is 5.96. The molecule has 3 aromatic rings. The van der Waals surface area contributed by atoms with Crippen LogP contribution in [0.1, 0.15) is 39.5 Å². The molecule has 0 radical (unpaired) electrons. The molecule has 4 nitrogen and oxygen atoms in total. The molecule has 1 atom stereocenters. The summed E-state index contributed by atoms with van der Waals surface area (Å²) < 4.78 is 10.9. The van der Waals surface area contributed by atoms with Crippen LogP contribution in [0.5, 0.6) is 11.5 Å². The molecule has 0 N–H and O–H groups in total. The van der Waals surface area contributed by atoms with E-state index in [1.807, 2.05) is 24.3 Å². The van der Waals surface area contributed by atoms with Gasteiger partial charge in [-0.15, -0.1) is 0 Å². The van der Waals surface area contributed by atoms with Crippen LogP contribution < -0.4 is 14.4 Å². The van der Waals surface area contributed by atoms with Crippen molar-refractivity contribution >= 4 is 34.4 Å². The predicted molar refractivity (Wildman–Crippen MR) is 113 cm³/mol. The summed E-state index contributed by atoms with van der Waals surface area (Å²) in [5, 5.41) is 2.25. The highest BCUT2D eigenvalue weighted by Gasteiger charge is 2.30. The summed E-state index contributed by atoms with van der Waals surface area (Å²) in [6, 6.07) is 14.1. The average Bonchev–Trinajstić information content (AvgIpc) is 3.11. The Morgan fingerprint density at radius 3 is 2.32 bits per heavy atom. The maximum atomic E-state index is 13.2. The number of ketones is 1. The number of anilines is 1. The quantitative estimate of drug-likeness (QED) is 0.502. The fourth-order valence-electron chi connectivity index (χ4n) is 4.51. The van der Waals surface area contributed by atoms with Gasteiger partial charge in [0, 0.05) is 30.1 Å². The molecule has 1 aliphatic heterocycles. The van der Waals surface area contributed by atoms with E-state index in [1.54, 1.807) is 14.2 Å². The van der Waals surface area contributed by atoms with Gasteiger partial charge in [-0.05, 0) is 40.3 Å². The summed E-state index contributed by atoms with van der Waals surface area (Å²) in [5.74, 6) is 1.53. The molecule has 2 aliphatic rings. The third kappa shape index (κ3) is 2.27.